The van der Waals surface area contributed by atoms with E-state index in [1.165, 1.54) is 0 Å². The molecule has 2 rings (SSSR count). The molecule has 0 saturated heterocycles. The van der Waals surface area contributed by atoms with Gasteiger partial charge in [-0.2, -0.15) is 5.10 Å². The van der Waals surface area contributed by atoms with Crippen LogP contribution in [0.4, 0.5) is 0 Å². The zero-order chi connectivity index (χ0) is 11.4. The Labute approximate surface area is 95.4 Å². The van der Waals surface area contributed by atoms with E-state index in [1.807, 2.05) is 60.5 Å². The van der Waals surface area contributed by atoms with Crippen LogP contribution in [0.3, 0.4) is 0 Å². The Hall–Kier alpha value is -1.87. The Morgan fingerprint density at radius 3 is 2.75 bits per heavy atom. The molecule has 0 aliphatic heterocycles. The monoisotopic (exact) mass is 213 g/mol. The van der Waals surface area contributed by atoms with Gasteiger partial charge in [-0.1, -0.05) is 24.3 Å². The highest BCUT2D eigenvalue weighted by Crippen LogP contribution is 2.14. The quantitative estimate of drug-likeness (QED) is 0.790. The summed E-state index contributed by atoms with van der Waals surface area (Å²) in [4.78, 5) is 0. The molecule has 2 aromatic rings. The summed E-state index contributed by atoms with van der Waals surface area (Å²) in [5, 5.41) is 7.49. The molecule has 0 bridgehead atoms. The van der Waals surface area contributed by atoms with Gasteiger partial charge >= 0.3 is 0 Å². The zero-order valence-corrected chi connectivity index (χ0v) is 9.30. The molecule has 0 spiro atoms. The number of benzene rings is 1. The molecule has 0 aliphatic rings. The largest absolute Gasteiger partial charge is 0.310 e. The maximum absolute atomic E-state index is 4.33. The first-order chi connectivity index (χ1) is 7.85. The lowest BCUT2D eigenvalue weighted by molar-refractivity contribution is 0.716. The van der Waals surface area contributed by atoms with Crippen LogP contribution in [0.1, 0.15) is 11.6 Å². The molecular weight excluding hydrogens is 198 g/mol. The Morgan fingerprint density at radius 2 is 2.12 bits per heavy atom. The molecule has 3 nitrogen and oxygen atoms in total. The molecule has 0 amide bonds. The Balaban J connectivity index is 2.29. The van der Waals surface area contributed by atoms with Crippen LogP contribution in [0.2, 0.25) is 0 Å². The van der Waals surface area contributed by atoms with Gasteiger partial charge in [0.1, 0.15) is 0 Å². The minimum Gasteiger partial charge on any atom is -0.310 e. The SMILES string of the molecule is C=CC(NC)c1cnn(-c2ccccc2)c1. The molecular formula is C13H15N3. The number of hydrogen-bond donors (Lipinski definition) is 1. The van der Waals surface area contributed by atoms with Gasteiger partial charge in [0, 0.05) is 11.8 Å². The second kappa shape index (κ2) is 4.77. The summed E-state index contributed by atoms with van der Waals surface area (Å²) in [5.41, 5.74) is 2.18. The van der Waals surface area contributed by atoms with Gasteiger partial charge in [-0.3, -0.25) is 0 Å². The highest BCUT2D eigenvalue weighted by atomic mass is 15.3. The molecule has 0 fully saturated rings. The van der Waals surface area contributed by atoms with Gasteiger partial charge in [0.05, 0.1) is 17.9 Å². The predicted octanol–water partition coefficient (Wildman–Crippen LogP) is 2.32. The molecule has 1 N–H and O–H groups in total. The number of likely N-dealkylation sites (N-methyl/N-ethyl adjacent to an activating group) is 1. The fourth-order valence-corrected chi connectivity index (χ4v) is 1.64. The molecule has 0 saturated carbocycles. The van der Waals surface area contributed by atoms with Gasteiger partial charge in [-0.25, -0.2) is 4.68 Å². The molecule has 3 heteroatoms. The highest BCUT2D eigenvalue weighted by Gasteiger charge is 2.07. The Bertz CT molecular complexity index is 459. The first-order valence-corrected chi connectivity index (χ1v) is 5.25. The number of aromatic nitrogens is 2. The van der Waals surface area contributed by atoms with Crippen molar-refractivity contribution in [2.45, 2.75) is 6.04 Å². The summed E-state index contributed by atoms with van der Waals surface area (Å²) in [7, 11) is 1.91. The second-order valence-electron chi connectivity index (χ2n) is 3.56. The van der Waals surface area contributed by atoms with Crippen LogP contribution in [-0.2, 0) is 0 Å². The van der Waals surface area contributed by atoms with Gasteiger partial charge in [0.2, 0.25) is 0 Å². The third-order valence-corrected chi connectivity index (χ3v) is 2.53. The van der Waals surface area contributed by atoms with E-state index in [0.29, 0.717) is 0 Å². The molecule has 1 aromatic carbocycles. The van der Waals surface area contributed by atoms with Crippen molar-refractivity contribution in [2.24, 2.45) is 0 Å². The smallest absolute Gasteiger partial charge is 0.0645 e. The topological polar surface area (TPSA) is 29.9 Å². The summed E-state index contributed by atoms with van der Waals surface area (Å²) >= 11 is 0. The summed E-state index contributed by atoms with van der Waals surface area (Å²) in [5.74, 6) is 0. The fourth-order valence-electron chi connectivity index (χ4n) is 1.64. The van der Waals surface area contributed by atoms with Gasteiger partial charge in [0.25, 0.3) is 0 Å². The number of hydrogen-bond acceptors (Lipinski definition) is 2. The van der Waals surface area contributed by atoms with Crippen molar-refractivity contribution in [3.63, 3.8) is 0 Å². The van der Waals surface area contributed by atoms with E-state index in [4.69, 9.17) is 0 Å². The first kappa shape index (κ1) is 10.6. The van der Waals surface area contributed by atoms with Crippen LogP contribution in [0, 0.1) is 0 Å². The van der Waals surface area contributed by atoms with Crippen LogP contribution in [0.5, 0.6) is 0 Å². The normalized spacial score (nSPS) is 12.3. The number of para-hydroxylation sites is 1. The molecule has 16 heavy (non-hydrogen) atoms. The van der Waals surface area contributed by atoms with E-state index < -0.39 is 0 Å². The Morgan fingerprint density at radius 1 is 1.38 bits per heavy atom. The molecule has 1 atom stereocenters. The van der Waals surface area contributed by atoms with E-state index in [2.05, 4.69) is 17.0 Å². The van der Waals surface area contributed by atoms with Crippen LogP contribution in [0.25, 0.3) is 5.69 Å². The van der Waals surface area contributed by atoms with Crippen molar-refractivity contribution >= 4 is 0 Å². The van der Waals surface area contributed by atoms with Crippen molar-refractivity contribution in [1.29, 1.82) is 0 Å². The van der Waals surface area contributed by atoms with Crippen molar-refractivity contribution in [2.75, 3.05) is 7.05 Å². The minimum absolute atomic E-state index is 0.150. The van der Waals surface area contributed by atoms with Gasteiger partial charge < -0.3 is 5.32 Å². The summed E-state index contributed by atoms with van der Waals surface area (Å²) in [6, 6.07) is 10.2. The summed E-state index contributed by atoms with van der Waals surface area (Å²) in [6.45, 7) is 3.79. The molecule has 1 aromatic heterocycles. The predicted molar refractivity (Wildman–Crippen MR) is 65.6 cm³/mol. The summed E-state index contributed by atoms with van der Waals surface area (Å²) < 4.78 is 1.86. The lowest BCUT2D eigenvalue weighted by Gasteiger charge is -2.07. The molecule has 82 valence electrons. The average Bonchev–Trinajstić information content (AvgIpc) is 2.81. The molecule has 1 unspecified atom stereocenters. The number of rotatable bonds is 4. The van der Waals surface area contributed by atoms with E-state index in [9.17, 15) is 0 Å². The zero-order valence-electron chi connectivity index (χ0n) is 9.30. The van der Waals surface area contributed by atoms with Crippen molar-refractivity contribution in [3.05, 3.63) is 60.9 Å². The van der Waals surface area contributed by atoms with E-state index in [-0.39, 0.29) is 6.04 Å². The standard InChI is InChI=1S/C13H15N3/c1-3-13(14-2)11-9-15-16(10-11)12-7-5-4-6-8-12/h3-10,13-14H,1H2,2H3. The van der Waals surface area contributed by atoms with Gasteiger partial charge in [0.15, 0.2) is 0 Å². The maximum atomic E-state index is 4.33. The van der Waals surface area contributed by atoms with Crippen molar-refractivity contribution in [3.8, 4) is 5.69 Å². The van der Waals surface area contributed by atoms with E-state index >= 15 is 0 Å². The average molecular weight is 213 g/mol. The lowest BCUT2D eigenvalue weighted by Crippen LogP contribution is -2.12. The fraction of sp³-hybridized carbons (Fsp3) is 0.154. The first-order valence-electron chi connectivity index (χ1n) is 5.25. The van der Waals surface area contributed by atoms with Crippen molar-refractivity contribution in [1.82, 2.24) is 15.1 Å². The lowest BCUT2D eigenvalue weighted by atomic mass is 10.2. The van der Waals surface area contributed by atoms with Crippen LogP contribution in [0.15, 0.2) is 55.4 Å². The molecule has 1 heterocycles. The van der Waals surface area contributed by atoms with E-state index in [1.54, 1.807) is 0 Å². The number of nitrogens with zero attached hydrogens (tertiary/aromatic N) is 2. The highest BCUT2D eigenvalue weighted by molar-refractivity contribution is 5.31. The number of nitrogens with one attached hydrogen (secondary N) is 1. The third kappa shape index (κ3) is 2.04. The molecule has 0 aliphatic carbocycles. The van der Waals surface area contributed by atoms with Gasteiger partial charge in [-0.05, 0) is 19.2 Å². The van der Waals surface area contributed by atoms with Gasteiger partial charge in [-0.15, -0.1) is 6.58 Å². The second-order valence-corrected chi connectivity index (χ2v) is 3.56. The van der Waals surface area contributed by atoms with Crippen LogP contribution >= 0.6 is 0 Å². The van der Waals surface area contributed by atoms with Crippen LogP contribution < -0.4 is 5.32 Å². The minimum atomic E-state index is 0.150. The van der Waals surface area contributed by atoms with E-state index in [0.717, 1.165) is 11.3 Å². The molecule has 0 radical (unpaired) electrons. The van der Waals surface area contributed by atoms with Crippen molar-refractivity contribution < 1.29 is 0 Å². The maximum Gasteiger partial charge on any atom is 0.0645 e. The Kier molecular flexibility index (Phi) is 3.17. The summed E-state index contributed by atoms with van der Waals surface area (Å²) in [6.07, 6.45) is 5.74. The van der Waals surface area contributed by atoms with Crippen LogP contribution in [-0.4, -0.2) is 16.8 Å². The third-order valence-electron chi connectivity index (χ3n) is 2.53.